The maximum Gasteiger partial charge on any atom is 0.255 e. The minimum absolute atomic E-state index is 0.145. The molecule has 3 aromatic carbocycles. The largest absolute Gasteiger partial charge is 0.378 e. The summed E-state index contributed by atoms with van der Waals surface area (Å²) in [4.78, 5) is 19.8. The number of nitrogens with zero attached hydrogens (tertiary/aromatic N) is 3. The molecule has 0 aliphatic carbocycles. The van der Waals surface area contributed by atoms with Crippen LogP contribution in [-0.2, 0) is 4.74 Å². The van der Waals surface area contributed by atoms with Crippen molar-refractivity contribution in [2.75, 3.05) is 36.5 Å². The molecule has 5 rings (SSSR count). The zero-order valence-electron chi connectivity index (χ0n) is 17.4. The molecule has 156 valence electrons. The zero-order valence-corrected chi connectivity index (χ0v) is 17.4. The van der Waals surface area contributed by atoms with Crippen molar-refractivity contribution in [1.82, 2.24) is 9.55 Å². The summed E-state index contributed by atoms with van der Waals surface area (Å²) < 4.78 is 7.50. The molecule has 6 nitrogen and oxygen atoms in total. The van der Waals surface area contributed by atoms with E-state index in [0.717, 1.165) is 60.2 Å². The fourth-order valence-electron chi connectivity index (χ4n) is 4.03. The molecular weight excluding hydrogens is 388 g/mol. The van der Waals surface area contributed by atoms with Crippen LogP contribution in [0.25, 0.3) is 16.7 Å². The predicted octanol–water partition coefficient (Wildman–Crippen LogP) is 4.42. The Morgan fingerprint density at radius 1 is 0.935 bits per heavy atom. The van der Waals surface area contributed by atoms with Gasteiger partial charge in [0.25, 0.3) is 5.91 Å². The molecule has 1 aromatic heterocycles. The van der Waals surface area contributed by atoms with Gasteiger partial charge in [-0.15, -0.1) is 0 Å². The molecule has 1 fully saturated rings. The van der Waals surface area contributed by atoms with E-state index in [9.17, 15) is 4.79 Å². The molecule has 1 aliphatic rings. The van der Waals surface area contributed by atoms with Crippen LogP contribution in [0.4, 0.5) is 11.4 Å². The number of hydrogen-bond acceptors (Lipinski definition) is 4. The van der Waals surface area contributed by atoms with Gasteiger partial charge in [0, 0.05) is 35.7 Å². The number of benzene rings is 3. The normalized spacial score (nSPS) is 14.0. The minimum atomic E-state index is -0.145. The van der Waals surface area contributed by atoms with Gasteiger partial charge in [0.1, 0.15) is 5.82 Å². The molecule has 6 heteroatoms. The lowest BCUT2D eigenvalue weighted by Gasteiger charge is -2.28. The Morgan fingerprint density at radius 2 is 1.68 bits per heavy atom. The lowest BCUT2D eigenvalue weighted by atomic mass is 10.1. The van der Waals surface area contributed by atoms with Crippen molar-refractivity contribution in [3.8, 4) is 5.69 Å². The summed E-state index contributed by atoms with van der Waals surface area (Å²) >= 11 is 0. The minimum Gasteiger partial charge on any atom is -0.378 e. The fraction of sp³-hybridized carbons (Fsp3) is 0.200. The third-order valence-electron chi connectivity index (χ3n) is 5.60. The molecule has 4 aromatic rings. The third-order valence-corrected chi connectivity index (χ3v) is 5.60. The van der Waals surface area contributed by atoms with Crippen LogP contribution >= 0.6 is 0 Å². The maximum atomic E-state index is 12.8. The molecule has 0 unspecified atom stereocenters. The topological polar surface area (TPSA) is 59.4 Å². The van der Waals surface area contributed by atoms with Crippen LogP contribution in [0.2, 0.25) is 0 Å². The first-order valence-electron chi connectivity index (χ1n) is 10.5. The number of rotatable bonds is 4. The lowest BCUT2D eigenvalue weighted by Crippen LogP contribution is -2.36. The predicted molar refractivity (Wildman–Crippen MR) is 123 cm³/mol. The Kier molecular flexibility index (Phi) is 5.14. The Morgan fingerprint density at radius 3 is 2.42 bits per heavy atom. The monoisotopic (exact) mass is 412 g/mol. The molecule has 0 saturated carbocycles. The van der Waals surface area contributed by atoms with E-state index in [1.54, 1.807) is 0 Å². The lowest BCUT2D eigenvalue weighted by molar-refractivity contribution is 0.102. The number of morpholine rings is 1. The molecule has 1 aliphatic heterocycles. The van der Waals surface area contributed by atoms with Gasteiger partial charge in [0.15, 0.2) is 0 Å². The summed E-state index contributed by atoms with van der Waals surface area (Å²) in [5, 5.41) is 2.99. The summed E-state index contributed by atoms with van der Waals surface area (Å²) in [7, 11) is 0. The molecule has 31 heavy (non-hydrogen) atoms. The van der Waals surface area contributed by atoms with E-state index in [0.29, 0.717) is 5.56 Å². The van der Waals surface area contributed by atoms with Crippen molar-refractivity contribution in [3.05, 3.63) is 84.2 Å². The number of imidazole rings is 1. The third kappa shape index (κ3) is 3.90. The smallest absolute Gasteiger partial charge is 0.255 e. The number of carbonyl (C=O) groups excluding carboxylic acids is 1. The molecule has 2 heterocycles. The molecule has 0 radical (unpaired) electrons. The number of fused-ring (bicyclic) bond motifs is 1. The van der Waals surface area contributed by atoms with Gasteiger partial charge in [0.05, 0.1) is 24.2 Å². The molecule has 1 N–H and O–H groups in total. The van der Waals surface area contributed by atoms with Gasteiger partial charge >= 0.3 is 0 Å². The van der Waals surface area contributed by atoms with Crippen molar-refractivity contribution in [1.29, 1.82) is 0 Å². The Balaban J connectivity index is 1.35. The van der Waals surface area contributed by atoms with Gasteiger partial charge in [-0.05, 0) is 61.5 Å². The van der Waals surface area contributed by atoms with Crippen LogP contribution in [0.5, 0.6) is 0 Å². The number of carbonyl (C=O) groups is 1. The highest BCUT2D eigenvalue weighted by atomic mass is 16.5. The highest BCUT2D eigenvalue weighted by molar-refractivity contribution is 6.06. The average Bonchev–Trinajstić information content (AvgIpc) is 3.15. The summed E-state index contributed by atoms with van der Waals surface area (Å²) in [6.45, 7) is 5.26. The van der Waals surface area contributed by atoms with Gasteiger partial charge in [-0.3, -0.25) is 9.36 Å². The second-order valence-electron chi connectivity index (χ2n) is 7.63. The number of nitrogens with one attached hydrogen (secondary N) is 1. The molecule has 1 saturated heterocycles. The Bertz CT molecular complexity index is 1210. The van der Waals surface area contributed by atoms with E-state index in [2.05, 4.69) is 31.9 Å². The number of aryl methyl sites for hydroxylation is 1. The van der Waals surface area contributed by atoms with Crippen molar-refractivity contribution < 1.29 is 9.53 Å². The molecule has 1 amide bonds. The SMILES string of the molecule is Cc1nc2cc(C(=O)Nc3ccc(N4CCOCC4)cc3)ccc2n1-c1ccccc1. The van der Waals surface area contributed by atoms with Gasteiger partial charge in [-0.25, -0.2) is 4.98 Å². The second-order valence-corrected chi connectivity index (χ2v) is 7.63. The number of amides is 1. The number of anilines is 2. The fourth-order valence-corrected chi connectivity index (χ4v) is 4.03. The van der Waals surface area contributed by atoms with Gasteiger partial charge in [0.2, 0.25) is 0 Å². The van der Waals surface area contributed by atoms with Crippen LogP contribution in [0.3, 0.4) is 0 Å². The van der Waals surface area contributed by atoms with E-state index in [1.165, 1.54) is 0 Å². The van der Waals surface area contributed by atoms with Gasteiger partial charge in [-0.1, -0.05) is 18.2 Å². The standard InChI is InChI=1S/C25H24N4O2/c1-18-26-23-17-19(7-12-24(23)29(18)22-5-3-2-4-6-22)25(30)27-20-8-10-21(11-9-20)28-13-15-31-16-14-28/h2-12,17H,13-16H2,1H3,(H,27,30). The van der Waals surface area contributed by atoms with Crippen molar-refractivity contribution >= 4 is 28.3 Å². The zero-order chi connectivity index (χ0) is 21.2. The Hall–Kier alpha value is -3.64. The van der Waals surface area contributed by atoms with Crippen molar-refractivity contribution in [3.63, 3.8) is 0 Å². The highest BCUT2D eigenvalue weighted by Gasteiger charge is 2.14. The first kappa shape index (κ1) is 19.3. The number of ether oxygens (including phenoxy) is 1. The van der Waals surface area contributed by atoms with E-state index in [-0.39, 0.29) is 5.91 Å². The molecule has 0 atom stereocenters. The van der Waals surface area contributed by atoms with Crippen molar-refractivity contribution in [2.45, 2.75) is 6.92 Å². The van der Waals surface area contributed by atoms with Crippen LogP contribution in [0, 0.1) is 6.92 Å². The average molecular weight is 412 g/mol. The van der Waals surface area contributed by atoms with Crippen LogP contribution < -0.4 is 10.2 Å². The quantitative estimate of drug-likeness (QED) is 0.539. The van der Waals surface area contributed by atoms with Crippen LogP contribution in [0.1, 0.15) is 16.2 Å². The summed E-state index contributed by atoms with van der Waals surface area (Å²) in [6.07, 6.45) is 0. The molecule has 0 spiro atoms. The molecule has 0 bridgehead atoms. The maximum absolute atomic E-state index is 12.8. The number of hydrogen-bond donors (Lipinski definition) is 1. The van der Waals surface area contributed by atoms with E-state index in [4.69, 9.17) is 4.74 Å². The second kappa shape index (κ2) is 8.24. The van der Waals surface area contributed by atoms with Gasteiger partial charge in [-0.2, -0.15) is 0 Å². The summed E-state index contributed by atoms with van der Waals surface area (Å²) in [6, 6.07) is 23.7. The van der Waals surface area contributed by atoms with Crippen LogP contribution in [0.15, 0.2) is 72.8 Å². The molecular formula is C25H24N4O2. The van der Waals surface area contributed by atoms with Crippen molar-refractivity contribution in [2.24, 2.45) is 0 Å². The van der Waals surface area contributed by atoms with E-state index < -0.39 is 0 Å². The van der Waals surface area contributed by atoms with Gasteiger partial charge < -0.3 is 15.0 Å². The number of aromatic nitrogens is 2. The van der Waals surface area contributed by atoms with E-state index in [1.807, 2.05) is 67.6 Å². The van der Waals surface area contributed by atoms with E-state index >= 15 is 0 Å². The first-order valence-corrected chi connectivity index (χ1v) is 10.5. The van der Waals surface area contributed by atoms with Crippen LogP contribution in [-0.4, -0.2) is 41.8 Å². The summed E-state index contributed by atoms with van der Waals surface area (Å²) in [5.41, 5.74) is 5.34. The Labute approximate surface area is 181 Å². The first-order chi connectivity index (χ1) is 15.2. The number of para-hydroxylation sites is 1. The summed E-state index contributed by atoms with van der Waals surface area (Å²) in [5.74, 6) is 0.741. The highest BCUT2D eigenvalue weighted by Crippen LogP contribution is 2.23.